The number of thioether (sulfide) groups is 2. The van der Waals surface area contributed by atoms with E-state index in [-0.39, 0.29) is 187 Å². The van der Waals surface area contributed by atoms with Crippen molar-refractivity contribution < 1.29 is 154 Å². The molecule has 682 valence electrons. The molecule has 20 atom stereocenters. The number of amides is 5. The molecule has 0 saturated carbocycles. The van der Waals surface area contributed by atoms with Crippen LogP contribution in [-0.2, 0) is 108 Å². The van der Waals surface area contributed by atoms with Crippen LogP contribution >= 0.6 is 23.5 Å². The van der Waals surface area contributed by atoms with E-state index < -0.39 is 203 Å². The van der Waals surface area contributed by atoms with Gasteiger partial charge in [-0.3, -0.25) is 72.3 Å². The van der Waals surface area contributed by atoms with Crippen LogP contribution in [0.1, 0.15) is 190 Å². The summed E-state index contributed by atoms with van der Waals surface area (Å²) in [5.41, 5.74) is -7.25. The van der Waals surface area contributed by atoms with E-state index in [1.165, 1.54) is 93.3 Å². The van der Waals surface area contributed by atoms with E-state index >= 15 is 0 Å². The number of imide groups is 2. The van der Waals surface area contributed by atoms with Crippen LogP contribution in [-0.4, -0.2) is 329 Å². The molecular weight excluding hydrogens is 1690 g/mol. The van der Waals surface area contributed by atoms with Crippen LogP contribution in [0, 0.1) is 0 Å². The van der Waals surface area contributed by atoms with Gasteiger partial charge in [0.05, 0.1) is 108 Å². The number of phenols is 4. The van der Waals surface area contributed by atoms with Crippen LogP contribution in [0.4, 0.5) is 0 Å². The quantitative estimate of drug-likeness (QED) is 0.0299. The number of ketones is 6. The molecule has 13 aliphatic rings. The van der Waals surface area contributed by atoms with Gasteiger partial charge >= 0.3 is 0 Å². The molecule has 39 heteroatoms. The molecule has 4 aliphatic carbocycles. The van der Waals surface area contributed by atoms with Gasteiger partial charge in [-0.25, -0.2) is 0 Å². The van der Waals surface area contributed by atoms with Crippen molar-refractivity contribution in [3.63, 3.8) is 0 Å². The van der Waals surface area contributed by atoms with Crippen LogP contribution in [0.3, 0.4) is 0 Å². The van der Waals surface area contributed by atoms with Crippen molar-refractivity contribution in [2.24, 2.45) is 0 Å². The number of likely N-dealkylation sites (tertiary alicyclic amines) is 2. The van der Waals surface area contributed by atoms with Crippen LogP contribution < -0.4 is 14.8 Å². The van der Waals surface area contributed by atoms with Gasteiger partial charge in [0.1, 0.15) is 71.1 Å². The van der Waals surface area contributed by atoms with E-state index in [0.29, 0.717) is 52.0 Å². The van der Waals surface area contributed by atoms with Crippen molar-refractivity contribution in [2.45, 2.75) is 225 Å². The Kier molecular flexibility index (Phi) is 27.4. The highest BCUT2D eigenvalue weighted by molar-refractivity contribution is 8.00. The largest absolute Gasteiger partial charge is 0.507 e. The van der Waals surface area contributed by atoms with Crippen LogP contribution in [0.5, 0.6) is 34.5 Å². The molecule has 0 radical (unpaired) electrons. The third kappa shape index (κ3) is 16.8. The number of carbonyl (C=O) groups excluding carboxylic acids is 11. The van der Waals surface area contributed by atoms with Crippen molar-refractivity contribution >= 4 is 87.8 Å². The summed E-state index contributed by atoms with van der Waals surface area (Å²) in [4.78, 5) is 153. The summed E-state index contributed by atoms with van der Waals surface area (Å²) >= 11 is 2.59. The molecule has 4 aromatic carbocycles. The summed E-state index contributed by atoms with van der Waals surface area (Å²) in [6, 6.07) is 8.42. The Labute approximate surface area is 733 Å². The second-order valence-electron chi connectivity index (χ2n) is 33.3. The van der Waals surface area contributed by atoms with Gasteiger partial charge in [-0.1, -0.05) is 31.7 Å². The predicted molar refractivity (Wildman–Crippen MR) is 439 cm³/mol. The second-order valence-corrected chi connectivity index (χ2v) is 35.4. The molecule has 0 aromatic heterocycles. The summed E-state index contributed by atoms with van der Waals surface area (Å²) in [5, 5.41) is 74.3. The van der Waals surface area contributed by atoms with Gasteiger partial charge in [-0.15, -0.1) is 0 Å². The fourth-order valence-corrected chi connectivity index (χ4v) is 21.1. The second kappa shape index (κ2) is 37.5. The van der Waals surface area contributed by atoms with Gasteiger partial charge in [0.25, 0.3) is 5.91 Å². The summed E-state index contributed by atoms with van der Waals surface area (Å²) in [7, 11) is 5.74. The molecule has 126 heavy (non-hydrogen) atoms. The molecular formula is C87H105N5O32S2. The molecule has 9 heterocycles. The number of phenolic OH excluding ortho intramolecular Hbond substituents is 4. The number of hydrogen-bond donors (Lipinski definition) is 7. The lowest BCUT2D eigenvalue weighted by molar-refractivity contribution is -0.256. The van der Waals surface area contributed by atoms with Gasteiger partial charge in [-0.05, 0) is 64.2 Å². The molecule has 37 nitrogen and oxygen atoms in total. The molecule has 9 aliphatic heterocycles. The van der Waals surface area contributed by atoms with Crippen LogP contribution in [0.15, 0.2) is 36.4 Å². The molecule has 0 bridgehead atoms. The first kappa shape index (κ1) is 92.2. The van der Waals surface area contributed by atoms with Gasteiger partial charge in [-0.2, -0.15) is 23.5 Å². The Morgan fingerprint density at radius 1 is 0.571 bits per heavy atom. The standard InChI is InChI=1S/C48H58N2O18S.C38H43N3O14S.CH4/c1-23-44-28(49-14-15-63-47(61-3)46(49)68-44)16-35(65-23)67-30-19-48(59,18-27-37(30)43(57)39-38(41(27)55)40(54)26-10-6-11-29(60-2)36(26)42(39)56)32(52)22-64-34-12-5-9-25(66-34)21-62-20-24(51)8-7-13-50-33(53)17-31(69-4)45(50)58;1-16-33-19(40-10-11-52-36(51-3)35(40)55-33)12-24(53-16)54-21-15-38(49,37(48)39-8-9-41-23(42)13-22(56-4)34(41)47)14-18-26(21)32(46)28-27(30(18)44)29(43)17-6-5-7-20(50-2)25(17)31(28)45;/h6,10-11,23,25,28,30-31,34-35,44,46-47,55,57,59H,5,7-9,12-22H2,1-4H3;5-7,16,19,21-22,24,33,35-36,44,46,49H,8-15H2,1-4H3,(H,39,48);1H4/t23-,25?,28-,30-,31?,34?,35-,44+,46+,47-,48-;16-,19-,21-,22?,24-,33+,35+,36-,38-;/m00./s1. The number of benzene rings is 4. The van der Waals surface area contributed by atoms with Crippen molar-refractivity contribution in [3.8, 4) is 34.5 Å². The van der Waals surface area contributed by atoms with E-state index in [1.807, 2.05) is 13.8 Å². The van der Waals surface area contributed by atoms with Gasteiger partial charge in [0.15, 0.2) is 67.0 Å². The van der Waals surface area contributed by atoms with Gasteiger partial charge in [0, 0.05) is 150 Å². The van der Waals surface area contributed by atoms with Crippen molar-refractivity contribution in [1.29, 1.82) is 0 Å². The topological polar surface area (TPSA) is 473 Å². The summed E-state index contributed by atoms with van der Waals surface area (Å²) in [6.07, 6.45) is -5.83. The summed E-state index contributed by atoms with van der Waals surface area (Å²) in [6.45, 7) is 4.64. The molecule has 7 N–H and O–H groups in total. The Balaban J connectivity index is 0.000000197. The van der Waals surface area contributed by atoms with E-state index in [9.17, 15) is 83.4 Å². The SMILES string of the molecule is C.COc1cccc2c1C(=O)c1c(O)c3c(c(O)c1C2=O)C[C@@](O)(C(=O)COC1CCCC(COCC(=O)CCCN2C(=O)CC(SC)C2=O)O1)C[C@@H]3O[C@H]1C[C@H]2[C@H](O[C@@H]3[C@@H](OC)OCCN32)[C@H](C)O1.COc1cccc2c1C(=O)c1c(O)c3c(c(O)c1C2=O)C[C@@](O)(C(=O)NCCN1C(=O)CC(SC)C1=O)C[C@@H]3O[C@H]1C[C@H]2[C@H](O[C@@H]3[C@@H](OC)OCCN32)[C@H](C)O1. The zero-order chi connectivity index (χ0) is 88.7. The molecule has 4 aromatic rings. The monoisotopic (exact) mass is 1800 g/mol. The number of methoxy groups -OCH3 is 4. The molecule has 5 amide bonds. The number of aromatic hydroxyl groups is 4. The zero-order valence-corrected chi connectivity index (χ0v) is 71.7. The lowest BCUT2D eigenvalue weighted by atomic mass is 9.72. The molecule has 0 spiro atoms. The minimum atomic E-state index is -2.31. The number of morpholine rings is 2. The van der Waals surface area contributed by atoms with Crippen molar-refractivity contribution in [1.82, 2.24) is 24.9 Å². The number of carbonyl (C=O) groups is 11. The number of aliphatic hydroxyl groups is 2. The molecule has 9 saturated heterocycles. The van der Waals surface area contributed by atoms with Crippen molar-refractivity contribution in [2.75, 3.05) is 107 Å². The first-order valence-corrected chi connectivity index (χ1v) is 44.4. The van der Waals surface area contributed by atoms with Crippen molar-refractivity contribution in [3.05, 3.63) is 103 Å². The Hall–Kier alpha value is -8.53. The number of nitrogens with zero attached hydrogens (tertiary/aromatic N) is 4. The average Bonchev–Trinajstić information content (AvgIpc) is 1.07. The first-order valence-electron chi connectivity index (χ1n) is 41.8. The highest BCUT2D eigenvalue weighted by atomic mass is 32.2. The molecule has 17 rings (SSSR count). The van der Waals surface area contributed by atoms with E-state index in [4.69, 9.17) is 71.1 Å². The third-order valence-electron chi connectivity index (χ3n) is 26.0. The zero-order valence-electron chi connectivity index (χ0n) is 70.0. The number of fused-ring (bicyclic) bond motifs is 12. The van der Waals surface area contributed by atoms with Gasteiger partial charge in [0.2, 0.25) is 35.2 Å². The normalized spacial score (nSPS) is 32.0. The summed E-state index contributed by atoms with van der Waals surface area (Å²) < 4.78 is 89.6. The maximum atomic E-state index is 14.3. The minimum absolute atomic E-state index is 0. The highest BCUT2D eigenvalue weighted by Crippen LogP contribution is 2.56. The average molecular weight is 1800 g/mol. The van der Waals surface area contributed by atoms with E-state index in [1.54, 1.807) is 12.5 Å². The smallest absolute Gasteiger partial charge is 0.252 e. The molecule has 9 fully saturated rings. The fourth-order valence-electron chi connectivity index (χ4n) is 19.9. The fraction of sp³-hybridized carbons (Fsp3) is 0.598. The molecule has 4 unspecified atom stereocenters. The Bertz CT molecular complexity index is 4990. The Morgan fingerprint density at radius 2 is 1.05 bits per heavy atom. The number of ether oxygens (including phenoxy) is 15. The highest BCUT2D eigenvalue weighted by Gasteiger charge is 2.59. The number of hydrogen-bond acceptors (Lipinski definition) is 36. The number of rotatable bonds is 26. The third-order valence-corrected chi connectivity index (χ3v) is 27.9. The maximum Gasteiger partial charge on any atom is 0.252 e. The van der Waals surface area contributed by atoms with E-state index in [2.05, 4.69) is 15.1 Å². The maximum absolute atomic E-state index is 14.3. The first-order chi connectivity index (χ1) is 60.0. The van der Waals surface area contributed by atoms with Gasteiger partial charge < -0.3 is 107 Å². The van der Waals surface area contributed by atoms with Crippen LogP contribution in [0.25, 0.3) is 0 Å². The van der Waals surface area contributed by atoms with E-state index in [0.717, 1.165) is 4.90 Å². The lowest BCUT2D eigenvalue weighted by Crippen LogP contribution is -2.55. The minimum Gasteiger partial charge on any atom is -0.507 e. The lowest BCUT2D eigenvalue weighted by Gasteiger charge is -2.43. The van der Waals surface area contributed by atoms with Crippen LogP contribution in [0.2, 0.25) is 0 Å². The predicted octanol–water partition coefficient (Wildman–Crippen LogP) is 3.88. The summed E-state index contributed by atoms with van der Waals surface area (Å²) in [5.74, 6) is -8.65. The number of Topliss-reactive ketones (excluding diaryl/α,β-unsaturated/α-hetero) is 2. The Morgan fingerprint density at radius 3 is 1.52 bits per heavy atom. The number of nitrogens with one attached hydrogen (secondary N) is 1.